The van der Waals surface area contributed by atoms with Crippen LogP contribution in [0.15, 0.2) is 0 Å². The third-order valence-electron chi connectivity index (χ3n) is 2.73. The van der Waals surface area contributed by atoms with Crippen LogP contribution in [0.1, 0.15) is 12.8 Å². The number of β-amino-alcohol motifs (C(OH)–C–C–N with tert-alkyl or cyclic N) is 1. The van der Waals surface area contributed by atoms with Gasteiger partial charge in [0.05, 0.1) is 6.10 Å². The summed E-state index contributed by atoms with van der Waals surface area (Å²) in [5.41, 5.74) is 0. The molecule has 0 saturated carbocycles. The quantitative estimate of drug-likeness (QED) is 0.390. The van der Waals surface area contributed by atoms with Crippen molar-refractivity contribution in [1.82, 2.24) is 10.6 Å². The molecule has 1 saturated heterocycles. The van der Waals surface area contributed by atoms with Crippen LogP contribution in [0.25, 0.3) is 0 Å². The topological polar surface area (TPSA) is 62.8 Å². The molecule has 1 heterocycles. The Morgan fingerprint density at radius 1 is 1.40 bits per heavy atom. The first-order chi connectivity index (χ1) is 7.27. The molecule has 5 nitrogen and oxygen atoms in total. The molecule has 0 unspecified atom stereocenters. The van der Waals surface area contributed by atoms with E-state index in [1.165, 1.54) is 0 Å². The Hall–Kier alpha value is -0.200. The largest absolute Gasteiger partial charge is 0.390 e. The molecule has 0 radical (unpaired) electrons. The van der Waals surface area contributed by atoms with Crippen LogP contribution in [0.2, 0.25) is 0 Å². The summed E-state index contributed by atoms with van der Waals surface area (Å²) in [5, 5.41) is 16.0. The van der Waals surface area contributed by atoms with Gasteiger partial charge in [0, 0.05) is 33.4 Å². The molecule has 0 amide bonds. The van der Waals surface area contributed by atoms with Gasteiger partial charge < -0.3 is 25.2 Å². The summed E-state index contributed by atoms with van der Waals surface area (Å²) < 4.78 is 10.2. The molecule has 1 rings (SSSR count). The first-order valence-electron chi connectivity index (χ1n) is 5.45. The first-order valence-corrected chi connectivity index (χ1v) is 5.45. The fraction of sp³-hybridized carbons (Fsp3) is 1.00. The lowest BCUT2D eigenvalue weighted by molar-refractivity contribution is -0.106. The predicted octanol–water partition coefficient (Wildman–Crippen LogP) is -0.692. The molecule has 1 fully saturated rings. The number of hydrogen-bond donors (Lipinski definition) is 3. The fourth-order valence-electron chi connectivity index (χ4n) is 1.76. The molecule has 15 heavy (non-hydrogen) atoms. The third-order valence-corrected chi connectivity index (χ3v) is 2.73. The van der Waals surface area contributed by atoms with Gasteiger partial charge in [0.2, 0.25) is 0 Å². The minimum absolute atomic E-state index is 0.113. The second-order valence-corrected chi connectivity index (χ2v) is 3.83. The molecule has 3 N–H and O–H groups in total. The molecule has 0 aromatic carbocycles. The maximum atomic E-state index is 9.52. The molecule has 90 valence electrons. The Balaban J connectivity index is 2.01. The number of aliphatic hydroxyl groups is 1. The maximum Gasteiger partial charge on any atom is 0.156 e. The van der Waals surface area contributed by atoms with E-state index >= 15 is 0 Å². The molecular weight excluding hydrogens is 196 g/mol. The number of rotatable bonds is 7. The van der Waals surface area contributed by atoms with E-state index in [0.29, 0.717) is 6.54 Å². The number of ether oxygens (including phenoxy) is 2. The third kappa shape index (κ3) is 4.44. The van der Waals surface area contributed by atoms with Crippen LogP contribution >= 0.6 is 0 Å². The predicted molar refractivity (Wildman–Crippen MR) is 57.7 cm³/mol. The molecule has 1 aliphatic heterocycles. The molecule has 0 bridgehead atoms. The summed E-state index contributed by atoms with van der Waals surface area (Å²) in [7, 11) is 3.29. The Kier molecular flexibility index (Phi) is 6.12. The first kappa shape index (κ1) is 12.9. The minimum atomic E-state index is -0.259. The van der Waals surface area contributed by atoms with Gasteiger partial charge in [-0.2, -0.15) is 0 Å². The van der Waals surface area contributed by atoms with Crippen molar-refractivity contribution in [2.75, 3.05) is 33.9 Å². The zero-order chi connectivity index (χ0) is 11.1. The standard InChI is InChI=1S/C10H22N2O3/c1-14-10(15-2)4-3-5-12-8-6-11-7-9(8)13/h8-13H,3-7H2,1-2H3/t8-,9-/m1/s1. The lowest BCUT2D eigenvalue weighted by atomic mass is 10.2. The SMILES string of the molecule is COC(CCCN[C@@H]1CNC[C@H]1O)OC. The van der Waals surface area contributed by atoms with Gasteiger partial charge in [-0.1, -0.05) is 0 Å². The Morgan fingerprint density at radius 2 is 2.13 bits per heavy atom. The number of methoxy groups -OCH3 is 2. The van der Waals surface area contributed by atoms with Crippen LogP contribution < -0.4 is 10.6 Å². The molecular formula is C10H22N2O3. The van der Waals surface area contributed by atoms with Gasteiger partial charge in [0.25, 0.3) is 0 Å². The Labute approximate surface area is 91.1 Å². The minimum Gasteiger partial charge on any atom is -0.390 e. The lowest BCUT2D eigenvalue weighted by Crippen LogP contribution is -2.39. The smallest absolute Gasteiger partial charge is 0.156 e. The molecule has 0 aliphatic carbocycles. The van der Waals surface area contributed by atoms with Crippen molar-refractivity contribution >= 4 is 0 Å². The van der Waals surface area contributed by atoms with Crippen molar-refractivity contribution in [3.05, 3.63) is 0 Å². The van der Waals surface area contributed by atoms with Crippen molar-refractivity contribution < 1.29 is 14.6 Å². The van der Waals surface area contributed by atoms with E-state index in [4.69, 9.17) is 9.47 Å². The molecule has 1 aliphatic rings. The highest BCUT2D eigenvalue weighted by atomic mass is 16.7. The molecule has 0 aromatic heterocycles. The monoisotopic (exact) mass is 218 g/mol. The van der Waals surface area contributed by atoms with Crippen LogP contribution in [0, 0.1) is 0 Å². The van der Waals surface area contributed by atoms with Crippen molar-refractivity contribution in [3.8, 4) is 0 Å². The van der Waals surface area contributed by atoms with Gasteiger partial charge >= 0.3 is 0 Å². The fourth-order valence-corrected chi connectivity index (χ4v) is 1.76. The highest BCUT2D eigenvalue weighted by Crippen LogP contribution is 2.03. The summed E-state index contributed by atoms with van der Waals surface area (Å²) in [6.45, 7) is 2.42. The summed E-state index contributed by atoms with van der Waals surface area (Å²) in [5.74, 6) is 0. The van der Waals surface area contributed by atoms with Crippen molar-refractivity contribution in [1.29, 1.82) is 0 Å². The van der Waals surface area contributed by atoms with Crippen LogP contribution in [0.5, 0.6) is 0 Å². The van der Waals surface area contributed by atoms with E-state index in [0.717, 1.165) is 25.9 Å². The Bertz CT molecular complexity index is 165. The molecule has 0 spiro atoms. The highest BCUT2D eigenvalue weighted by molar-refractivity contribution is 4.85. The van der Waals surface area contributed by atoms with Crippen molar-refractivity contribution in [2.45, 2.75) is 31.3 Å². The van der Waals surface area contributed by atoms with Crippen LogP contribution in [-0.2, 0) is 9.47 Å². The molecule has 5 heteroatoms. The summed E-state index contributed by atoms with van der Waals surface area (Å²) >= 11 is 0. The van der Waals surface area contributed by atoms with Gasteiger partial charge in [-0.25, -0.2) is 0 Å². The normalized spacial score (nSPS) is 26.4. The van der Waals surface area contributed by atoms with Gasteiger partial charge in [-0.15, -0.1) is 0 Å². The molecule has 0 aromatic rings. The van der Waals surface area contributed by atoms with Crippen LogP contribution in [-0.4, -0.2) is 57.4 Å². The number of nitrogens with one attached hydrogen (secondary N) is 2. The second kappa shape index (κ2) is 7.14. The van der Waals surface area contributed by atoms with Gasteiger partial charge in [0.15, 0.2) is 6.29 Å². The molecule has 2 atom stereocenters. The average molecular weight is 218 g/mol. The Morgan fingerprint density at radius 3 is 2.67 bits per heavy atom. The van der Waals surface area contributed by atoms with E-state index in [9.17, 15) is 5.11 Å². The summed E-state index contributed by atoms with van der Waals surface area (Å²) in [6, 6.07) is 0.188. The zero-order valence-electron chi connectivity index (χ0n) is 9.53. The van der Waals surface area contributed by atoms with Gasteiger partial charge in [-0.3, -0.25) is 0 Å². The van der Waals surface area contributed by atoms with Crippen molar-refractivity contribution in [2.24, 2.45) is 0 Å². The van der Waals surface area contributed by atoms with Crippen molar-refractivity contribution in [3.63, 3.8) is 0 Å². The van der Waals surface area contributed by atoms with Gasteiger partial charge in [-0.05, 0) is 19.4 Å². The summed E-state index contributed by atoms with van der Waals surface area (Å²) in [6.07, 6.45) is 1.48. The van der Waals surface area contributed by atoms with Crippen LogP contribution in [0.3, 0.4) is 0 Å². The van der Waals surface area contributed by atoms with E-state index in [1.54, 1.807) is 14.2 Å². The lowest BCUT2D eigenvalue weighted by Gasteiger charge is -2.17. The van der Waals surface area contributed by atoms with Crippen LogP contribution in [0.4, 0.5) is 0 Å². The second-order valence-electron chi connectivity index (χ2n) is 3.83. The van der Waals surface area contributed by atoms with E-state index in [2.05, 4.69) is 10.6 Å². The van der Waals surface area contributed by atoms with Gasteiger partial charge in [0.1, 0.15) is 0 Å². The maximum absolute atomic E-state index is 9.52. The number of hydrogen-bond acceptors (Lipinski definition) is 5. The average Bonchev–Trinajstić information content (AvgIpc) is 2.65. The van der Waals surface area contributed by atoms with E-state index in [1.807, 2.05) is 0 Å². The van der Waals surface area contributed by atoms with E-state index < -0.39 is 0 Å². The summed E-state index contributed by atoms with van der Waals surface area (Å²) in [4.78, 5) is 0. The van der Waals surface area contributed by atoms with E-state index in [-0.39, 0.29) is 18.4 Å². The zero-order valence-corrected chi connectivity index (χ0v) is 9.53. The highest BCUT2D eigenvalue weighted by Gasteiger charge is 2.23. The number of aliphatic hydroxyl groups excluding tert-OH is 1.